The first-order valence-corrected chi connectivity index (χ1v) is 18.9. The zero-order valence-corrected chi connectivity index (χ0v) is 29.9. The lowest BCUT2D eigenvalue weighted by atomic mass is 10.00. The van der Waals surface area contributed by atoms with Crippen LogP contribution in [0.15, 0.2) is 200 Å². The van der Waals surface area contributed by atoms with Crippen molar-refractivity contribution in [2.75, 3.05) is 0 Å². The summed E-state index contributed by atoms with van der Waals surface area (Å²) in [5.74, 6) is 0. The van der Waals surface area contributed by atoms with Gasteiger partial charge in [0, 0.05) is 49.1 Å². The molecule has 0 N–H and O–H groups in total. The van der Waals surface area contributed by atoms with E-state index in [0.717, 1.165) is 11.4 Å². The molecule has 0 radical (unpaired) electrons. The van der Waals surface area contributed by atoms with Gasteiger partial charge in [0.2, 0.25) is 0 Å². The highest BCUT2D eigenvalue weighted by Crippen LogP contribution is 2.43. The number of fused-ring (bicyclic) bond motifs is 11. The standard InChI is InChI=1S/C52H33N3/c1-3-16-37(17-4-1)53-47-24-12-10-22-42(47)51-50(53)31-28-41-44-33-36(26-29-48(44)54(52(41)51)38-18-5-2-6-19-38)35-27-30-49-43(32-35)40-21-9-11-23-46(40)55(49)45-25-13-15-34-14-7-8-20-39(34)45/h1-33H. The zero-order chi connectivity index (χ0) is 36.0. The first-order valence-electron chi connectivity index (χ1n) is 18.9. The highest BCUT2D eigenvalue weighted by Gasteiger charge is 2.22. The highest BCUT2D eigenvalue weighted by molar-refractivity contribution is 6.26. The summed E-state index contributed by atoms with van der Waals surface area (Å²) in [6.07, 6.45) is 0. The molecule has 3 heterocycles. The lowest BCUT2D eigenvalue weighted by Crippen LogP contribution is -1.95. The quantitative estimate of drug-likeness (QED) is 0.174. The number of rotatable bonds is 4. The van der Waals surface area contributed by atoms with Gasteiger partial charge in [0.25, 0.3) is 0 Å². The monoisotopic (exact) mass is 699 g/mol. The van der Waals surface area contributed by atoms with Gasteiger partial charge in [0.15, 0.2) is 0 Å². The van der Waals surface area contributed by atoms with Crippen LogP contribution in [0.25, 0.3) is 104 Å². The Kier molecular flexibility index (Phi) is 6.34. The number of hydrogen-bond acceptors (Lipinski definition) is 0. The van der Waals surface area contributed by atoms with Crippen LogP contribution in [0.1, 0.15) is 0 Å². The molecule has 0 fully saturated rings. The summed E-state index contributed by atoms with van der Waals surface area (Å²) in [6.45, 7) is 0. The van der Waals surface area contributed by atoms with E-state index in [9.17, 15) is 0 Å². The third-order valence-electron chi connectivity index (χ3n) is 11.6. The largest absolute Gasteiger partial charge is 0.309 e. The molecule has 55 heavy (non-hydrogen) atoms. The van der Waals surface area contributed by atoms with Crippen LogP contribution in [0.4, 0.5) is 0 Å². The summed E-state index contributed by atoms with van der Waals surface area (Å²) in [5, 5.41) is 10.0. The summed E-state index contributed by atoms with van der Waals surface area (Å²) < 4.78 is 7.32. The summed E-state index contributed by atoms with van der Waals surface area (Å²) in [6, 6.07) is 73.2. The summed E-state index contributed by atoms with van der Waals surface area (Å²) in [7, 11) is 0. The van der Waals surface area contributed by atoms with Crippen molar-refractivity contribution in [3.63, 3.8) is 0 Å². The highest BCUT2D eigenvalue weighted by atomic mass is 15.0. The molecule has 12 aromatic rings. The van der Waals surface area contributed by atoms with E-state index in [2.05, 4.69) is 214 Å². The molecule has 0 saturated carbocycles. The van der Waals surface area contributed by atoms with E-state index in [1.165, 1.54) is 93.0 Å². The Bertz CT molecular complexity index is 3470. The van der Waals surface area contributed by atoms with Gasteiger partial charge in [-0.3, -0.25) is 0 Å². The van der Waals surface area contributed by atoms with E-state index in [1.807, 2.05) is 0 Å². The fraction of sp³-hybridized carbons (Fsp3) is 0. The predicted octanol–water partition coefficient (Wildman–Crippen LogP) is 13.8. The average molecular weight is 700 g/mol. The maximum absolute atomic E-state index is 2.47. The molecular formula is C52H33N3. The van der Waals surface area contributed by atoms with Crippen molar-refractivity contribution in [3.05, 3.63) is 200 Å². The summed E-state index contributed by atoms with van der Waals surface area (Å²) in [5.41, 5.74) is 13.2. The van der Waals surface area contributed by atoms with E-state index in [1.54, 1.807) is 0 Å². The van der Waals surface area contributed by atoms with Gasteiger partial charge in [-0.1, -0.05) is 127 Å². The van der Waals surface area contributed by atoms with Crippen LogP contribution in [0.5, 0.6) is 0 Å². The van der Waals surface area contributed by atoms with Crippen molar-refractivity contribution >= 4 is 76.2 Å². The third-order valence-corrected chi connectivity index (χ3v) is 11.6. The summed E-state index contributed by atoms with van der Waals surface area (Å²) in [4.78, 5) is 0. The maximum Gasteiger partial charge on any atom is 0.0641 e. The lowest BCUT2D eigenvalue weighted by Gasteiger charge is -2.12. The Balaban J connectivity index is 1.12. The van der Waals surface area contributed by atoms with Crippen LogP contribution in [-0.2, 0) is 0 Å². The molecule has 12 rings (SSSR count). The number of para-hydroxylation sites is 4. The van der Waals surface area contributed by atoms with Gasteiger partial charge in [-0.05, 0) is 89.3 Å². The second-order valence-electron chi connectivity index (χ2n) is 14.5. The third kappa shape index (κ3) is 4.32. The van der Waals surface area contributed by atoms with Gasteiger partial charge >= 0.3 is 0 Å². The summed E-state index contributed by atoms with van der Waals surface area (Å²) >= 11 is 0. The molecule has 0 spiro atoms. The van der Waals surface area contributed by atoms with Gasteiger partial charge in [-0.2, -0.15) is 0 Å². The molecule has 0 aliphatic carbocycles. The Hall–Kier alpha value is -7.36. The van der Waals surface area contributed by atoms with Crippen molar-refractivity contribution in [1.82, 2.24) is 13.7 Å². The molecule has 0 atom stereocenters. The maximum atomic E-state index is 2.47. The van der Waals surface area contributed by atoms with E-state index in [0.29, 0.717) is 0 Å². The topological polar surface area (TPSA) is 14.8 Å². The second kappa shape index (κ2) is 11.6. The molecule has 0 aliphatic heterocycles. The Morgan fingerprint density at radius 2 is 0.782 bits per heavy atom. The van der Waals surface area contributed by atoms with E-state index in [4.69, 9.17) is 0 Å². The number of hydrogen-bond donors (Lipinski definition) is 0. The molecule has 0 saturated heterocycles. The van der Waals surface area contributed by atoms with E-state index in [-0.39, 0.29) is 0 Å². The molecule has 0 aliphatic rings. The van der Waals surface area contributed by atoms with Crippen LogP contribution < -0.4 is 0 Å². The fourth-order valence-electron chi connectivity index (χ4n) is 9.25. The first-order chi connectivity index (χ1) is 27.3. The van der Waals surface area contributed by atoms with Crippen molar-refractivity contribution < 1.29 is 0 Å². The van der Waals surface area contributed by atoms with Crippen LogP contribution in [-0.4, -0.2) is 13.7 Å². The van der Waals surface area contributed by atoms with E-state index >= 15 is 0 Å². The predicted molar refractivity (Wildman–Crippen MR) is 232 cm³/mol. The minimum atomic E-state index is 1.15. The van der Waals surface area contributed by atoms with Crippen LogP contribution in [0, 0.1) is 0 Å². The minimum Gasteiger partial charge on any atom is -0.309 e. The van der Waals surface area contributed by atoms with Crippen LogP contribution >= 0.6 is 0 Å². The molecule has 256 valence electrons. The van der Waals surface area contributed by atoms with Crippen LogP contribution in [0.3, 0.4) is 0 Å². The number of benzene rings is 9. The van der Waals surface area contributed by atoms with Crippen LogP contribution in [0.2, 0.25) is 0 Å². The zero-order valence-electron chi connectivity index (χ0n) is 29.9. The Labute approximate surface area is 317 Å². The molecule has 9 aromatic carbocycles. The number of aromatic nitrogens is 3. The van der Waals surface area contributed by atoms with Gasteiger partial charge in [-0.15, -0.1) is 0 Å². The first kappa shape index (κ1) is 30.1. The molecule has 3 heteroatoms. The van der Waals surface area contributed by atoms with Crippen molar-refractivity contribution in [2.45, 2.75) is 0 Å². The van der Waals surface area contributed by atoms with E-state index < -0.39 is 0 Å². The second-order valence-corrected chi connectivity index (χ2v) is 14.5. The van der Waals surface area contributed by atoms with Gasteiger partial charge in [0.1, 0.15) is 0 Å². The smallest absolute Gasteiger partial charge is 0.0641 e. The normalized spacial score (nSPS) is 12.0. The van der Waals surface area contributed by atoms with Crippen molar-refractivity contribution in [2.24, 2.45) is 0 Å². The molecule has 0 amide bonds. The van der Waals surface area contributed by atoms with Gasteiger partial charge in [-0.25, -0.2) is 0 Å². The van der Waals surface area contributed by atoms with Gasteiger partial charge in [0.05, 0.1) is 38.8 Å². The molecule has 0 unspecified atom stereocenters. The van der Waals surface area contributed by atoms with Gasteiger partial charge < -0.3 is 13.7 Å². The lowest BCUT2D eigenvalue weighted by molar-refractivity contribution is 1.17. The SMILES string of the molecule is c1ccc(-n2c3ccccc3c3c2ccc2c4cc(-c5ccc6c(c5)c5ccccc5n6-c5cccc6ccccc56)ccc4n(-c4ccccc4)c23)cc1. The molecule has 3 aromatic heterocycles. The molecule has 3 nitrogen and oxygen atoms in total. The Morgan fingerprint density at radius 3 is 1.51 bits per heavy atom. The minimum absolute atomic E-state index is 1.15. The average Bonchev–Trinajstić information content (AvgIpc) is 3.89. The fourth-order valence-corrected chi connectivity index (χ4v) is 9.25. The van der Waals surface area contributed by atoms with Crippen molar-refractivity contribution in [3.8, 4) is 28.2 Å². The van der Waals surface area contributed by atoms with Crippen molar-refractivity contribution in [1.29, 1.82) is 0 Å². The molecular weight excluding hydrogens is 667 g/mol. The number of nitrogens with zero attached hydrogens (tertiary/aromatic N) is 3. The molecule has 0 bridgehead atoms. The Morgan fingerprint density at radius 1 is 0.273 bits per heavy atom.